The van der Waals surface area contributed by atoms with Crippen LogP contribution in [0.2, 0.25) is 0 Å². The summed E-state index contributed by atoms with van der Waals surface area (Å²) in [5.74, 6) is 0. The summed E-state index contributed by atoms with van der Waals surface area (Å²) in [6.45, 7) is 10.6. The Morgan fingerprint density at radius 1 is 1.42 bits per heavy atom. The Balaban J connectivity index is 2.42. The molecule has 2 atom stereocenters. The van der Waals surface area contributed by atoms with Crippen molar-refractivity contribution in [3.8, 4) is 6.07 Å². The molecule has 1 aliphatic carbocycles. The molecule has 1 saturated carbocycles. The van der Waals surface area contributed by atoms with Gasteiger partial charge in [0.15, 0.2) is 0 Å². The van der Waals surface area contributed by atoms with Crippen molar-refractivity contribution in [1.29, 1.82) is 5.26 Å². The van der Waals surface area contributed by atoms with E-state index in [1.165, 1.54) is 0 Å². The highest BCUT2D eigenvalue weighted by Gasteiger charge is 2.36. The highest BCUT2D eigenvalue weighted by atomic mass is 16.5. The van der Waals surface area contributed by atoms with Gasteiger partial charge in [0.1, 0.15) is 5.54 Å². The molecule has 0 heterocycles. The third-order valence-corrected chi connectivity index (χ3v) is 3.84. The summed E-state index contributed by atoms with van der Waals surface area (Å²) in [6, 6.07) is 2.50. The van der Waals surface area contributed by atoms with Gasteiger partial charge >= 0.3 is 0 Å². The standard InChI is InChI=1S/C16H30N2O/c1-5-10-18-16(13-17)8-6-7-14(12-16)19-11-9-15(2,3)4/h14,18H,5-12H2,1-4H3. The second-order valence-corrected chi connectivity index (χ2v) is 7.02. The van der Waals surface area contributed by atoms with Crippen LogP contribution in [0, 0.1) is 16.7 Å². The van der Waals surface area contributed by atoms with Gasteiger partial charge in [-0.25, -0.2) is 0 Å². The van der Waals surface area contributed by atoms with Gasteiger partial charge in [0.05, 0.1) is 12.2 Å². The maximum Gasteiger partial charge on any atom is 0.109 e. The molecule has 110 valence electrons. The lowest BCUT2D eigenvalue weighted by Crippen LogP contribution is -2.49. The first-order chi connectivity index (χ1) is 8.91. The zero-order valence-electron chi connectivity index (χ0n) is 13.1. The van der Waals surface area contributed by atoms with E-state index in [1.807, 2.05) is 0 Å². The molecule has 3 nitrogen and oxygen atoms in total. The largest absolute Gasteiger partial charge is 0.378 e. The molecule has 0 saturated heterocycles. The maximum absolute atomic E-state index is 9.47. The van der Waals surface area contributed by atoms with Crippen molar-refractivity contribution in [3.63, 3.8) is 0 Å². The van der Waals surface area contributed by atoms with Gasteiger partial charge in [0, 0.05) is 13.0 Å². The lowest BCUT2D eigenvalue weighted by molar-refractivity contribution is -0.00113. The second kappa shape index (κ2) is 7.26. The number of rotatable bonds is 6. The van der Waals surface area contributed by atoms with Gasteiger partial charge in [-0.3, -0.25) is 5.32 Å². The molecule has 19 heavy (non-hydrogen) atoms. The summed E-state index contributed by atoms with van der Waals surface area (Å²) < 4.78 is 6.00. The van der Waals surface area contributed by atoms with Crippen LogP contribution in [0.5, 0.6) is 0 Å². The Labute approximate surface area is 118 Å². The summed E-state index contributed by atoms with van der Waals surface area (Å²) >= 11 is 0. The fraction of sp³-hybridized carbons (Fsp3) is 0.938. The van der Waals surface area contributed by atoms with Gasteiger partial charge in [-0.1, -0.05) is 27.7 Å². The van der Waals surface area contributed by atoms with E-state index in [4.69, 9.17) is 4.74 Å². The summed E-state index contributed by atoms with van der Waals surface area (Å²) in [5.41, 5.74) is -0.0257. The Morgan fingerprint density at radius 3 is 2.74 bits per heavy atom. The quantitative estimate of drug-likeness (QED) is 0.798. The van der Waals surface area contributed by atoms with Crippen LogP contribution in [0.4, 0.5) is 0 Å². The van der Waals surface area contributed by atoms with Crippen LogP contribution >= 0.6 is 0 Å². The molecule has 0 amide bonds. The highest BCUT2D eigenvalue weighted by molar-refractivity contribution is 5.10. The normalized spacial score (nSPS) is 28.1. The predicted molar refractivity (Wildman–Crippen MR) is 78.9 cm³/mol. The Kier molecular flexibility index (Phi) is 6.29. The summed E-state index contributed by atoms with van der Waals surface area (Å²) in [4.78, 5) is 0. The zero-order chi connectivity index (χ0) is 14.4. The number of nitriles is 1. The van der Waals surface area contributed by atoms with E-state index < -0.39 is 0 Å². The van der Waals surface area contributed by atoms with Gasteiger partial charge in [0.25, 0.3) is 0 Å². The number of hydrogen-bond acceptors (Lipinski definition) is 3. The van der Waals surface area contributed by atoms with Gasteiger partial charge in [-0.15, -0.1) is 0 Å². The van der Waals surface area contributed by atoms with E-state index in [1.54, 1.807) is 0 Å². The molecule has 0 aliphatic heterocycles. The Hall–Kier alpha value is -0.590. The average Bonchev–Trinajstić information content (AvgIpc) is 2.35. The number of ether oxygens (including phenoxy) is 1. The van der Waals surface area contributed by atoms with Crippen LogP contribution in [0.3, 0.4) is 0 Å². The molecule has 1 N–H and O–H groups in total. The van der Waals surface area contributed by atoms with Crippen molar-refractivity contribution < 1.29 is 4.74 Å². The van der Waals surface area contributed by atoms with Gasteiger partial charge < -0.3 is 4.74 Å². The summed E-state index contributed by atoms with van der Waals surface area (Å²) in [6.07, 6.45) is 6.38. The van der Waals surface area contributed by atoms with Crippen molar-refractivity contribution in [2.75, 3.05) is 13.2 Å². The first kappa shape index (κ1) is 16.5. The van der Waals surface area contributed by atoms with E-state index in [9.17, 15) is 5.26 Å². The molecular formula is C16H30N2O. The topological polar surface area (TPSA) is 45.0 Å². The monoisotopic (exact) mass is 266 g/mol. The van der Waals surface area contributed by atoms with E-state index in [2.05, 4.69) is 39.1 Å². The van der Waals surface area contributed by atoms with Crippen molar-refractivity contribution in [2.24, 2.45) is 5.41 Å². The van der Waals surface area contributed by atoms with Crippen LogP contribution in [-0.4, -0.2) is 24.8 Å². The Morgan fingerprint density at radius 2 is 2.16 bits per heavy atom. The van der Waals surface area contributed by atoms with Crippen LogP contribution in [0.25, 0.3) is 0 Å². The fourth-order valence-electron chi connectivity index (χ4n) is 2.56. The fourth-order valence-corrected chi connectivity index (χ4v) is 2.56. The van der Waals surface area contributed by atoms with Crippen molar-refractivity contribution in [3.05, 3.63) is 0 Å². The molecule has 0 aromatic heterocycles. The smallest absolute Gasteiger partial charge is 0.109 e. The zero-order valence-corrected chi connectivity index (χ0v) is 13.1. The van der Waals surface area contributed by atoms with Crippen LogP contribution in [-0.2, 0) is 4.74 Å². The van der Waals surface area contributed by atoms with E-state index >= 15 is 0 Å². The average molecular weight is 266 g/mol. The minimum Gasteiger partial charge on any atom is -0.378 e. The minimum absolute atomic E-state index is 0.250. The van der Waals surface area contributed by atoms with E-state index in [0.717, 1.165) is 51.7 Å². The van der Waals surface area contributed by atoms with Crippen molar-refractivity contribution in [2.45, 2.75) is 77.9 Å². The first-order valence-corrected chi connectivity index (χ1v) is 7.69. The van der Waals surface area contributed by atoms with Crippen LogP contribution in [0.15, 0.2) is 0 Å². The third kappa shape index (κ3) is 5.93. The molecule has 1 aliphatic rings. The molecule has 3 heteroatoms. The number of nitrogens with zero attached hydrogens (tertiary/aromatic N) is 1. The number of nitrogens with one attached hydrogen (secondary N) is 1. The predicted octanol–water partition coefficient (Wildman–Crippen LogP) is 3.64. The summed E-state index contributed by atoms with van der Waals surface area (Å²) in [5, 5.41) is 12.9. The molecule has 0 bridgehead atoms. The first-order valence-electron chi connectivity index (χ1n) is 7.69. The molecule has 0 spiro atoms. The molecule has 1 fully saturated rings. The van der Waals surface area contributed by atoms with Gasteiger partial charge in [0.2, 0.25) is 0 Å². The van der Waals surface area contributed by atoms with Crippen molar-refractivity contribution in [1.82, 2.24) is 5.32 Å². The van der Waals surface area contributed by atoms with Crippen molar-refractivity contribution >= 4 is 0 Å². The molecule has 0 aromatic carbocycles. The maximum atomic E-state index is 9.47. The van der Waals surface area contributed by atoms with E-state index in [0.29, 0.717) is 5.41 Å². The molecular weight excluding hydrogens is 236 g/mol. The lowest BCUT2D eigenvalue weighted by atomic mass is 9.81. The summed E-state index contributed by atoms with van der Waals surface area (Å²) in [7, 11) is 0. The second-order valence-electron chi connectivity index (χ2n) is 7.02. The number of hydrogen-bond donors (Lipinski definition) is 1. The van der Waals surface area contributed by atoms with Gasteiger partial charge in [-0.2, -0.15) is 5.26 Å². The third-order valence-electron chi connectivity index (χ3n) is 3.84. The Bertz CT molecular complexity index is 303. The molecule has 0 radical (unpaired) electrons. The van der Waals surface area contributed by atoms with E-state index in [-0.39, 0.29) is 11.6 Å². The van der Waals surface area contributed by atoms with Gasteiger partial charge in [-0.05, 0) is 44.1 Å². The molecule has 2 unspecified atom stereocenters. The SMILES string of the molecule is CCCNC1(C#N)CCCC(OCCC(C)(C)C)C1. The van der Waals surface area contributed by atoms with Crippen LogP contribution < -0.4 is 5.32 Å². The molecule has 0 aromatic rings. The lowest BCUT2D eigenvalue weighted by Gasteiger charge is -2.36. The molecule has 1 rings (SSSR count). The van der Waals surface area contributed by atoms with Crippen LogP contribution in [0.1, 0.15) is 66.2 Å². The minimum atomic E-state index is -0.347. The highest BCUT2D eigenvalue weighted by Crippen LogP contribution is 2.30.